The van der Waals surface area contributed by atoms with Gasteiger partial charge in [-0.2, -0.15) is 0 Å². The molecule has 1 heterocycles. The molecule has 0 aliphatic carbocycles. The fourth-order valence-electron chi connectivity index (χ4n) is 1.73. The zero-order chi connectivity index (χ0) is 15.2. The highest BCUT2D eigenvalue weighted by atomic mass is 19.1. The Morgan fingerprint density at radius 3 is 2.95 bits per heavy atom. The van der Waals surface area contributed by atoms with Crippen LogP contribution in [0.1, 0.15) is 21.5 Å². The Hall–Kier alpha value is -2.71. The Morgan fingerprint density at radius 2 is 2.24 bits per heavy atom. The van der Waals surface area contributed by atoms with Gasteiger partial charge >= 0.3 is 0 Å². The fraction of sp³-hybridized carbons (Fsp3) is 0.125. The van der Waals surface area contributed by atoms with Crippen LogP contribution in [0.3, 0.4) is 0 Å². The number of carbonyl (C=O) groups is 1. The lowest BCUT2D eigenvalue weighted by atomic mass is 10.1. The molecule has 4 nitrogen and oxygen atoms in total. The van der Waals surface area contributed by atoms with E-state index in [-0.39, 0.29) is 12.1 Å². The maximum Gasteiger partial charge on any atom is 0.258 e. The number of anilines is 1. The maximum atomic E-state index is 13.8. The molecule has 0 spiro atoms. The highest BCUT2D eigenvalue weighted by molar-refractivity contribution is 6.05. The number of pyridine rings is 1. The number of nitrogens with zero attached hydrogens (tertiary/aromatic N) is 1. The van der Waals surface area contributed by atoms with Crippen molar-refractivity contribution in [2.75, 3.05) is 11.9 Å². The van der Waals surface area contributed by atoms with Gasteiger partial charge in [0.05, 0.1) is 12.1 Å². The molecule has 2 rings (SSSR count). The maximum absolute atomic E-state index is 13.8. The molecule has 0 bridgehead atoms. The average molecular weight is 283 g/mol. The minimum absolute atomic E-state index is 0.0602. The molecule has 1 amide bonds. The second-order valence-electron chi connectivity index (χ2n) is 4.35. The van der Waals surface area contributed by atoms with Gasteiger partial charge in [-0.25, -0.2) is 4.39 Å². The number of nitrogens with one attached hydrogen (secondary N) is 1. The topological polar surface area (TPSA) is 68.0 Å². The SMILES string of the molecule is Cc1cnccc1NC(=O)c1cc(C#CCN)ccc1F. The molecule has 106 valence electrons. The van der Waals surface area contributed by atoms with E-state index in [1.165, 1.54) is 18.2 Å². The molecule has 2 aromatic rings. The van der Waals surface area contributed by atoms with Gasteiger partial charge in [-0.05, 0) is 36.8 Å². The van der Waals surface area contributed by atoms with Crippen LogP contribution in [0.5, 0.6) is 0 Å². The van der Waals surface area contributed by atoms with Gasteiger partial charge in [0.25, 0.3) is 5.91 Å². The summed E-state index contributed by atoms with van der Waals surface area (Å²) in [5.41, 5.74) is 7.16. The van der Waals surface area contributed by atoms with E-state index >= 15 is 0 Å². The van der Waals surface area contributed by atoms with Crippen molar-refractivity contribution in [1.29, 1.82) is 0 Å². The third kappa shape index (κ3) is 3.65. The summed E-state index contributed by atoms with van der Waals surface area (Å²) >= 11 is 0. The molecule has 0 aliphatic heterocycles. The first-order chi connectivity index (χ1) is 10.1. The van der Waals surface area contributed by atoms with E-state index < -0.39 is 11.7 Å². The third-order valence-corrected chi connectivity index (χ3v) is 2.81. The van der Waals surface area contributed by atoms with Crippen molar-refractivity contribution in [3.05, 3.63) is 59.2 Å². The largest absolute Gasteiger partial charge is 0.322 e. The normalized spacial score (nSPS) is 9.67. The Morgan fingerprint density at radius 1 is 1.43 bits per heavy atom. The summed E-state index contributed by atoms with van der Waals surface area (Å²) < 4.78 is 13.8. The molecule has 0 aliphatic rings. The van der Waals surface area contributed by atoms with Crippen molar-refractivity contribution in [1.82, 2.24) is 4.98 Å². The van der Waals surface area contributed by atoms with Crippen molar-refractivity contribution in [2.24, 2.45) is 5.73 Å². The summed E-state index contributed by atoms with van der Waals surface area (Å²) in [7, 11) is 0. The number of rotatable bonds is 2. The van der Waals surface area contributed by atoms with Gasteiger partial charge in [0.2, 0.25) is 0 Å². The van der Waals surface area contributed by atoms with E-state index in [4.69, 9.17) is 5.73 Å². The molecule has 0 fully saturated rings. The molecular weight excluding hydrogens is 269 g/mol. The van der Waals surface area contributed by atoms with E-state index in [1.807, 2.05) is 6.92 Å². The van der Waals surface area contributed by atoms with Crippen LogP contribution in [0.25, 0.3) is 0 Å². The Labute approximate surface area is 122 Å². The predicted molar refractivity (Wildman–Crippen MR) is 79.3 cm³/mol. The fourth-order valence-corrected chi connectivity index (χ4v) is 1.73. The van der Waals surface area contributed by atoms with E-state index in [0.717, 1.165) is 5.56 Å². The summed E-state index contributed by atoms with van der Waals surface area (Å²) in [5, 5.41) is 2.66. The number of hydrogen-bond donors (Lipinski definition) is 2. The quantitative estimate of drug-likeness (QED) is 0.829. The zero-order valence-corrected chi connectivity index (χ0v) is 11.5. The van der Waals surface area contributed by atoms with Gasteiger partial charge in [0.15, 0.2) is 0 Å². The average Bonchev–Trinajstić information content (AvgIpc) is 2.48. The van der Waals surface area contributed by atoms with Crippen LogP contribution >= 0.6 is 0 Å². The zero-order valence-electron chi connectivity index (χ0n) is 11.5. The van der Waals surface area contributed by atoms with E-state index in [9.17, 15) is 9.18 Å². The van der Waals surface area contributed by atoms with Crippen LogP contribution in [-0.4, -0.2) is 17.4 Å². The Kier molecular flexibility index (Phi) is 4.64. The Balaban J connectivity index is 2.28. The van der Waals surface area contributed by atoms with Crippen molar-refractivity contribution in [2.45, 2.75) is 6.92 Å². The van der Waals surface area contributed by atoms with Crippen LogP contribution < -0.4 is 11.1 Å². The molecule has 3 N–H and O–H groups in total. The summed E-state index contributed by atoms with van der Waals surface area (Å²) in [5.74, 6) is 4.31. The van der Waals surface area contributed by atoms with Gasteiger partial charge < -0.3 is 11.1 Å². The summed E-state index contributed by atoms with van der Waals surface area (Å²) in [6.07, 6.45) is 3.18. The standard InChI is InChI=1S/C16H14FN3O/c1-11-10-19-8-6-15(11)20-16(21)13-9-12(3-2-7-18)4-5-14(13)17/h4-6,8-10H,7,18H2,1H3,(H,19,20,21). The van der Waals surface area contributed by atoms with E-state index in [1.54, 1.807) is 18.5 Å². The van der Waals surface area contributed by atoms with Crippen LogP contribution in [-0.2, 0) is 0 Å². The number of aryl methyl sites for hydroxylation is 1. The number of nitrogens with two attached hydrogens (primary N) is 1. The minimum atomic E-state index is -0.600. The molecule has 1 aromatic heterocycles. The van der Waals surface area contributed by atoms with Crippen molar-refractivity contribution in [3.63, 3.8) is 0 Å². The number of amides is 1. The molecule has 0 saturated heterocycles. The van der Waals surface area contributed by atoms with Crippen LogP contribution in [0, 0.1) is 24.6 Å². The van der Waals surface area contributed by atoms with Crippen LogP contribution in [0.15, 0.2) is 36.7 Å². The number of carbonyl (C=O) groups excluding carboxylic acids is 1. The van der Waals surface area contributed by atoms with Gasteiger partial charge in [-0.15, -0.1) is 0 Å². The molecule has 1 aromatic carbocycles. The first kappa shape index (κ1) is 14.7. The lowest BCUT2D eigenvalue weighted by Gasteiger charge is -2.08. The molecule has 0 unspecified atom stereocenters. The molecular formula is C16H14FN3O. The summed E-state index contributed by atoms with van der Waals surface area (Å²) in [6, 6.07) is 5.79. The van der Waals surface area contributed by atoms with Crippen LogP contribution in [0.2, 0.25) is 0 Å². The van der Waals surface area contributed by atoms with Gasteiger partial charge in [0.1, 0.15) is 5.82 Å². The van der Waals surface area contributed by atoms with Gasteiger partial charge in [-0.3, -0.25) is 9.78 Å². The molecule has 0 saturated carbocycles. The minimum Gasteiger partial charge on any atom is -0.322 e. The molecule has 21 heavy (non-hydrogen) atoms. The lowest BCUT2D eigenvalue weighted by Crippen LogP contribution is -2.14. The number of benzene rings is 1. The first-order valence-corrected chi connectivity index (χ1v) is 6.32. The molecule has 5 heteroatoms. The predicted octanol–water partition coefficient (Wildman–Crippen LogP) is 2.09. The number of hydrogen-bond acceptors (Lipinski definition) is 3. The molecule has 0 radical (unpaired) electrons. The van der Waals surface area contributed by atoms with Crippen molar-refractivity contribution < 1.29 is 9.18 Å². The van der Waals surface area contributed by atoms with Gasteiger partial charge in [-0.1, -0.05) is 11.8 Å². The molecule has 0 atom stereocenters. The lowest BCUT2D eigenvalue weighted by molar-refractivity contribution is 0.102. The Bertz CT molecular complexity index is 732. The van der Waals surface area contributed by atoms with Crippen LogP contribution in [0.4, 0.5) is 10.1 Å². The van der Waals surface area contributed by atoms with Crippen molar-refractivity contribution >= 4 is 11.6 Å². The highest BCUT2D eigenvalue weighted by Crippen LogP contribution is 2.16. The number of halogens is 1. The van der Waals surface area contributed by atoms with Gasteiger partial charge in [0, 0.05) is 23.6 Å². The third-order valence-electron chi connectivity index (χ3n) is 2.81. The smallest absolute Gasteiger partial charge is 0.258 e. The second-order valence-corrected chi connectivity index (χ2v) is 4.35. The summed E-state index contributed by atoms with van der Waals surface area (Å²) in [4.78, 5) is 16.1. The summed E-state index contributed by atoms with van der Waals surface area (Å²) in [6.45, 7) is 2.01. The van der Waals surface area contributed by atoms with E-state index in [0.29, 0.717) is 11.3 Å². The van der Waals surface area contributed by atoms with E-state index in [2.05, 4.69) is 22.1 Å². The first-order valence-electron chi connectivity index (χ1n) is 6.32. The monoisotopic (exact) mass is 283 g/mol. The number of aromatic nitrogens is 1. The van der Waals surface area contributed by atoms with Crippen molar-refractivity contribution in [3.8, 4) is 11.8 Å². The second kappa shape index (κ2) is 6.64. The highest BCUT2D eigenvalue weighted by Gasteiger charge is 2.13.